The van der Waals surface area contributed by atoms with Gasteiger partial charge in [-0.05, 0) is 47.7 Å². The van der Waals surface area contributed by atoms with Gasteiger partial charge in [0, 0.05) is 25.4 Å². The molecule has 0 atom stereocenters. The van der Waals surface area contributed by atoms with Crippen molar-refractivity contribution in [3.63, 3.8) is 0 Å². The minimum atomic E-state index is -0.216. The van der Waals surface area contributed by atoms with Gasteiger partial charge >= 0.3 is 0 Å². The first-order chi connectivity index (χ1) is 11.9. The van der Waals surface area contributed by atoms with Crippen molar-refractivity contribution >= 4 is 22.8 Å². The largest absolute Gasteiger partial charge is 0.507 e. The predicted octanol–water partition coefficient (Wildman–Crippen LogP) is 3.32. The number of nitrogens with zero attached hydrogens (tertiary/aromatic N) is 1. The van der Waals surface area contributed by atoms with E-state index in [4.69, 9.17) is 9.47 Å². The van der Waals surface area contributed by atoms with Gasteiger partial charge in [-0.25, -0.2) is 0 Å². The fourth-order valence-corrected chi connectivity index (χ4v) is 3.03. The van der Waals surface area contributed by atoms with Crippen LogP contribution in [0, 0.1) is 0 Å². The summed E-state index contributed by atoms with van der Waals surface area (Å²) in [6, 6.07) is 9.94. The normalized spacial score (nSPS) is 12.1. The van der Waals surface area contributed by atoms with Crippen LogP contribution in [0.15, 0.2) is 41.3 Å². The van der Waals surface area contributed by atoms with Crippen LogP contribution in [0.25, 0.3) is 0 Å². The highest BCUT2D eigenvalue weighted by Gasteiger charge is 2.17. The van der Waals surface area contributed by atoms with Gasteiger partial charge < -0.3 is 19.5 Å². The molecule has 130 valence electrons. The maximum absolute atomic E-state index is 12.5. The molecule has 6 nitrogen and oxygen atoms in total. The second-order valence-electron chi connectivity index (χ2n) is 5.73. The molecule has 1 N–H and O–H groups in total. The molecule has 0 fully saturated rings. The predicted molar refractivity (Wildman–Crippen MR) is 93.6 cm³/mol. The Balaban J connectivity index is 1.73. The van der Waals surface area contributed by atoms with Crippen molar-refractivity contribution in [3.05, 3.63) is 47.5 Å². The molecule has 0 spiro atoms. The Kier molecular flexibility index (Phi) is 4.85. The van der Waals surface area contributed by atoms with E-state index < -0.39 is 0 Å². The quantitative estimate of drug-likeness (QED) is 0.667. The minimum Gasteiger partial charge on any atom is -0.507 e. The van der Waals surface area contributed by atoms with Gasteiger partial charge in [0.1, 0.15) is 5.75 Å². The van der Waals surface area contributed by atoms with E-state index in [2.05, 4.69) is 0 Å². The second-order valence-corrected chi connectivity index (χ2v) is 6.75. The number of carbonyl (C=O) groups excluding carboxylic acids is 2. The lowest BCUT2D eigenvalue weighted by atomic mass is 10.0. The number of Topliss-reactive ketones (excluding diaryl/α,β-unsaturated/α-hetero) is 1. The molecular weight excluding hydrogens is 342 g/mol. The van der Waals surface area contributed by atoms with E-state index in [1.54, 1.807) is 38.4 Å². The van der Waals surface area contributed by atoms with Crippen LogP contribution in [-0.2, 0) is 6.42 Å². The number of phenols is 1. The number of hydrogen-bond donors (Lipinski definition) is 1. The number of rotatable bonds is 4. The van der Waals surface area contributed by atoms with Crippen molar-refractivity contribution in [3.8, 4) is 17.2 Å². The number of ketones is 1. The third-order valence-corrected chi connectivity index (χ3v) is 4.67. The third kappa shape index (κ3) is 3.88. The van der Waals surface area contributed by atoms with Crippen molar-refractivity contribution in [2.45, 2.75) is 11.3 Å². The van der Waals surface area contributed by atoms with Crippen molar-refractivity contribution in [2.24, 2.45) is 0 Å². The molecular formula is C18H17NO5S. The highest BCUT2D eigenvalue weighted by atomic mass is 32.2. The van der Waals surface area contributed by atoms with Crippen LogP contribution in [0.3, 0.4) is 0 Å². The first-order valence-corrected chi connectivity index (χ1v) is 8.39. The number of carbonyl (C=O) groups is 2. The van der Waals surface area contributed by atoms with E-state index in [0.717, 1.165) is 17.3 Å². The number of benzene rings is 2. The lowest BCUT2D eigenvalue weighted by Crippen LogP contribution is -2.16. The Bertz CT molecular complexity index is 834. The van der Waals surface area contributed by atoms with E-state index >= 15 is 0 Å². The molecule has 0 saturated heterocycles. The molecule has 0 aromatic heterocycles. The van der Waals surface area contributed by atoms with Crippen LogP contribution in [0.5, 0.6) is 17.2 Å². The van der Waals surface area contributed by atoms with Gasteiger partial charge in [0.15, 0.2) is 17.3 Å². The van der Waals surface area contributed by atoms with Crippen LogP contribution in [0.4, 0.5) is 4.79 Å². The maximum Gasteiger partial charge on any atom is 0.285 e. The van der Waals surface area contributed by atoms with Gasteiger partial charge in [-0.1, -0.05) is 6.07 Å². The molecule has 7 heteroatoms. The summed E-state index contributed by atoms with van der Waals surface area (Å²) in [6.07, 6.45) is 0.132. The lowest BCUT2D eigenvalue weighted by molar-refractivity contribution is 0.0990. The molecule has 2 aromatic rings. The van der Waals surface area contributed by atoms with Gasteiger partial charge in [-0.2, -0.15) is 0 Å². The van der Waals surface area contributed by atoms with Crippen LogP contribution in [-0.4, -0.2) is 41.9 Å². The summed E-state index contributed by atoms with van der Waals surface area (Å²) in [4.78, 5) is 26.2. The average molecular weight is 359 g/mol. The summed E-state index contributed by atoms with van der Waals surface area (Å²) in [5, 5.41) is 9.99. The van der Waals surface area contributed by atoms with E-state index in [1.165, 1.54) is 17.0 Å². The van der Waals surface area contributed by atoms with Crippen LogP contribution < -0.4 is 9.47 Å². The molecule has 0 aliphatic carbocycles. The number of amides is 1. The Labute approximate surface area is 149 Å². The molecule has 0 bridgehead atoms. The van der Waals surface area contributed by atoms with Gasteiger partial charge in [-0.3, -0.25) is 9.59 Å². The van der Waals surface area contributed by atoms with E-state index in [9.17, 15) is 14.7 Å². The molecule has 1 aliphatic rings. The zero-order valence-electron chi connectivity index (χ0n) is 13.8. The smallest absolute Gasteiger partial charge is 0.285 e. The minimum absolute atomic E-state index is 0.132. The third-order valence-electron chi connectivity index (χ3n) is 3.64. The number of hydrogen-bond acceptors (Lipinski definition) is 6. The number of thioether (sulfide) groups is 1. The van der Waals surface area contributed by atoms with Crippen LogP contribution in [0.2, 0.25) is 0 Å². The molecule has 1 heterocycles. The Hall–Kier alpha value is -2.67. The molecule has 3 rings (SSSR count). The topological polar surface area (TPSA) is 76.1 Å². The number of phenolic OH excluding ortho intramolecular Hbond substituents is 1. The number of aromatic hydroxyl groups is 1. The van der Waals surface area contributed by atoms with Gasteiger partial charge in [0.2, 0.25) is 6.79 Å². The average Bonchev–Trinajstić information content (AvgIpc) is 3.02. The molecule has 25 heavy (non-hydrogen) atoms. The van der Waals surface area contributed by atoms with E-state index in [-0.39, 0.29) is 35.5 Å². The monoisotopic (exact) mass is 359 g/mol. The van der Waals surface area contributed by atoms with Gasteiger partial charge in [0.05, 0.1) is 5.56 Å². The fourth-order valence-electron chi connectivity index (χ4n) is 2.33. The molecule has 0 unspecified atom stereocenters. The summed E-state index contributed by atoms with van der Waals surface area (Å²) < 4.78 is 10.5. The van der Waals surface area contributed by atoms with Crippen molar-refractivity contribution in [1.29, 1.82) is 0 Å². The highest BCUT2D eigenvalue weighted by Crippen LogP contribution is 2.33. The molecule has 0 radical (unpaired) electrons. The lowest BCUT2D eigenvalue weighted by Gasteiger charge is -2.10. The SMILES string of the molecule is CN(C)C(=O)Sc1ccc(C(=O)Cc2ccc3c(c2)OCO3)c(O)c1. The number of fused-ring (bicyclic) bond motifs is 1. The summed E-state index contributed by atoms with van der Waals surface area (Å²) in [5.74, 6) is 0.920. The van der Waals surface area contributed by atoms with Crippen molar-refractivity contribution in [1.82, 2.24) is 4.90 Å². The molecule has 2 aromatic carbocycles. The first-order valence-electron chi connectivity index (χ1n) is 7.58. The molecule has 1 aliphatic heterocycles. The number of ether oxygens (including phenoxy) is 2. The first kappa shape index (κ1) is 17.2. The van der Waals surface area contributed by atoms with Crippen molar-refractivity contribution in [2.75, 3.05) is 20.9 Å². The zero-order chi connectivity index (χ0) is 18.0. The highest BCUT2D eigenvalue weighted by molar-refractivity contribution is 8.13. The maximum atomic E-state index is 12.5. The summed E-state index contributed by atoms with van der Waals surface area (Å²) >= 11 is 0.989. The van der Waals surface area contributed by atoms with E-state index in [0.29, 0.717) is 16.4 Å². The van der Waals surface area contributed by atoms with Gasteiger partial charge in [-0.15, -0.1) is 0 Å². The molecule has 0 saturated carbocycles. The van der Waals surface area contributed by atoms with Gasteiger partial charge in [0.25, 0.3) is 5.24 Å². The summed E-state index contributed by atoms with van der Waals surface area (Å²) in [5.41, 5.74) is 0.995. The Morgan fingerprint density at radius 1 is 1.12 bits per heavy atom. The Morgan fingerprint density at radius 2 is 1.88 bits per heavy atom. The fraction of sp³-hybridized carbons (Fsp3) is 0.222. The summed E-state index contributed by atoms with van der Waals surface area (Å²) in [7, 11) is 3.30. The van der Waals surface area contributed by atoms with E-state index in [1.807, 2.05) is 0 Å². The Morgan fingerprint density at radius 3 is 2.60 bits per heavy atom. The zero-order valence-corrected chi connectivity index (χ0v) is 14.6. The molecule has 1 amide bonds. The van der Waals surface area contributed by atoms with Crippen LogP contribution >= 0.6 is 11.8 Å². The standard InChI is InChI=1S/C18H17NO5S/c1-19(2)18(22)25-12-4-5-13(15(21)9-12)14(20)7-11-3-6-16-17(8-11)24-10-23-16/h3-6,8-9,21H,7,10H2,1-2H3. The van der Waals surface area contributed by atoms with Crippen LogP contribution in [0.1, 0.15) is 15.9 Å². The second kappa shape index (κ2) is 7.06. The van der Waals surface area contributed by atoms with Crippen molar-refractivity contribution < 1.29 is 24.2 Å². The summed E-state index contributed by atoms with van der Waals surface area (Å²) in [6.45, 7) is 0.179.